The van der Waals surface area contributed by atoms with Crippen LogP contribution in [0.1, 0.15) is 42.6 Å². The van der Waals surface area contributed by atoms with Gasteiger partial charge in [0.25, 0.3) is 5.91 Å². The molecule has 40 heavy (non-hydrogen) atoms. The van der Waals surface area contributed by atoms with Crippen molar-refractivity contribution >= 4 is 17.7 Å². The summed E-state index contributed by atoms with van der Waals surface area (Å²) in [5.41, 5.74) is -1.19. The highest BCUT2D eigenvalue weighted by Crippen LogP contribution is 2.34. The van der Waals surface area contributed by atoms with Crippen molar-refractivity contribution in [2.24, 2.45) is 5.92 Å². The molecule has 0 aliphatic carbocycles. The zero-order valence-electron chi connectivity index (χ0n) is 21.7. The Balaban J connectivity index is 1.66. The molecule has 2 aromatic carbocycles. The molecule has 3 N–H and O–H groups in total. The van der Waals surface area contributed by atoms with Crippen LogP contribution in [0.4, 0.5) is 27.8 Å². The quantitative estimate of drug-likeness (QED) is 0.228. The number of carbonyl (C=O) groups is 2. The number of halogens is 5. The van der Waals surface area contributed by atoms with E-state index in [4.69, 9.17) is 9.84 Å². The molecule has 12 heteroatoms. The highest BCUT2D eigenvalue weighted by atomic mass is 19.4. The standard InChI is InChI=1S/C28H28F5N3O4/c1-16(2)11-20(36-24-8-5-18(14-35-24)27(39)34-10-9-25(37)38)15-40-21-12-22(29)26(23(30)13-21)17-3-6-19(7-4-17)28(31,32)33/h3-8,12-14,16,20H,9-11,15H2,1-2H3,(H,34,39)(H,35,36)(H,37,38). The predicted octanol–water partition coefficient (Wildman–Crippen LogP) is 6.16. The van der Waals surface area contributed by atoms with E-state index in [-0.39, 0.29) is 48.4 Å². The molecule has 0 saturated carbocycles. The summed E-state index contributed by atoms with van der Waals surface area (Å²) in [7, 11) is 0. The molecule has 1 aromatic heterocycles. The fourth-order valence-corrected chi connectivity index (χ4v) is 3.88. The van der Waals surface area contributed by atoms with Gasteiger partial charge in [0.2, 0.25) is 0 Å². The molecule has 214 valence electrons. The first-order valence-corrected chi connectivity index (χ1v) is 12.4. The highest BCUT2D eigenvalue weighted by Gasteiger charge is 2.30. The number of pyridine rings is 1. The first-order valence-electron chi connectivity index (χ1n) is 12.4. The molecule has 3 rings (SSSR count). The van der Waals surface area contributed by atoms with E-state index >= 15 is 0 Å². The zero-order chi connectivity index (χ0) is 29.4. The first-order chi connectivity index (χ1) is 18.8. The monoisotopic (exact) mass is 565 g/mol. The summed E-state index contributed by atoms with van der Waals surface area (Å²) in [6, 6.07) is 8.22. The van der Waals surface area contributed by atoms with E-state index in [1.807, 2.05) is 13.8 Å². The van der Waals surface area contributed by atoms with E-state index in [1.165, 1.54) is 12.3 Å². The summed E-state index contributed by atoms with van der Waals surface area (Å²) in [5, 5.41) is 14.3. The maximum atomic E-state index is 14.8. The van der Waals surface area contributed by atoms with Crippen molar-refractivity contribution in [1.82, 2.24) is 10.3 Å². The van der Waals surface area contributed by atoms with Gasteiger partial charge >= 0.3 is 12.1 Å². The normalized spacial score (nSPS) is 12.2. The molecule has 3 aromatic rings. The average molecular weight is 566 g/mol. The van der Waals surface area contributed by atoms with Crippen molar-refractivity contribution in [3.8, 4) is 16.9 Å². The van der Waals surface area contributed by atoms with Gasteiger partial charge in [0.05, 0.1) is 29.2 Å². The number of carbonyl (C=O) groups excluding carboxylic acids is 1. The molecule has 0 saturated heterocycles. The lowest BCUT2D eigenvalue weighted by molar-refractivity contribution is -0.138. The molecule has 1 atom stereocenters. The number of carboxylic acid groups (broad SMARTS) is 1. The van der Waals surface area contributed by atoms with Crippen LogP contribution < -0.4 is 15.4 Å². The second-order valence-corrected chi connectivity index (χ2v) is 9.45. The second kappa shape index (κ2) is 13.2. The van der Waals surface area contributed by atoms with E-state index in [2.05, 4.69) is 15.6 Å². The summed E-state index contributed by atoms with van der Waals surface area (Å²) in [4.78, 5) is 26.9. The third-order valence-electron chi connectivity index (χ3n) is 5.73. The number of aromatic nitrogens is 1. The highest BCUT2D eigenvalue weighted by molar-refractivity contribution is 5.94. The Bertz CT molecular complexity index is 1290. The van der Waals surface area contributed by atoms with Crippen LogP contribution in [0.3, 0.4) is 0 Å². The van der Waals surface area contributed by atoms with Crippen LogP contribution >= 0.6 is 0 Å². The fraction of sp³-hybridized carbons (Fsp3) is 0.321. The molecule has 1 heterocycles. The summed E-state index contributed by atoms with van der Waals surface area (Å²) < 4.78 is 73.7. The van der Waals surface area contributed by atoms with E-state index in [9.17, 15) is 31.5 Å². The lowest BCUT2D eigenvalue weighted by Gasteiger charge is -2.22. The molecule has 0 fully saturated rings. The van der Waals surface area contributed by atoms with Gasteiger partial charge in [-0.3, -0.25) is 9.59 Å². The van der Waals surface area contributed by atoms with Crippen molar-refractivity contribution in [1.29, 1.82) is 0 Å². The largest absolute Gasteiger partial charge is 0.491 e. The van der Waals surface area contributed by atoms with Crippen molar-refractivity contribution in [2.75, 3.05) is 18.5 Å². The van der Waals surface area contributed by atoms with Crippen LogP contribution in [-0.2, 0) is 11.0 Å². The Kier molecular flexibility index (Phi) is 10.0. The van der Waals surface area contributed by atoms with Gasteiger partial charge in [-0.2, -0.15) is 13.2 Å². The number of hydrogen-bond acceptors (Lipinski definition) is 5. The number of aliphatic carboxylic acids is 1. The number of benzene rings is 2. The molecular weight excluding hydrogens is 537 g/mol. The Labute approximate surface area is 227 Å². The third-order valence-corrected chi connectivity index (χ3v) is 5.73. The number of nitrogens with one attached hydrogen (secondary N) is 2. The van der Waals surface area contributed by atoms with Gasteiger partial charge in [-0.1, -0.05) is 26.0 Å². The molecule has 1 amide bonds. The van der Waals surface area contributed by atoms with Crippen LogP contribution in [-0.4, -0.2) is 41.2 Å². The molecule has 7 nitrogen and oxygen atoms in total. The Hall–Kier alpha value is -4.22. The molecule has 0 aliphatic rings. The fourth-order valence-electron chi connectivity index (χ4n) is 3.88. The molecule has 1 unspecified atom stereocenters. The van der Waals surface area contributed by atoms with Crippen LogP contribution in [0.15, 0.2) is 54.7 Å². The van der Waals surface area contributed by atoms with Crippen molar-refractivity contribution in [2.45, 2.75) is 38.9 Å². The minimum Gasteiger partial charge on any atom is -0.491 e. The van der Waals surface area contributed by atoms with Crippen LogP contribution in [0.2, 0.25) is 0 Å². The number of hydrogen-bond donors (Lipinski definition) is 3. The van der Waals surface area contributed by atoms with Gasteiger partial charge in [-0.15, -0.1) is 0 Å². The number of nitrogens with zero attached hydrogens (tertiary/aromatic N) is 1. The molecule has 0 radical (unpaired) electrons. The minimum atomic E-state index is -4.57. The smallest absolute Gasteiger partial charge is 0.416 e. The number of carboxylic acids is 1. The van der Waals surface area contributed by atoms with Gasteiger partial charge in [0.15, 0.2) is 0 Å². The van der Waals surface area contributed by atoms with Gasteiger partial charge in [-0.25, -0.2) is 13.8 Å². The lowest BCUT2D eigenvalue weighted by Crippen LogP contribution is -2.29. The third kappa shape index (κ3) is 8.65. The molecular formula is C28H28F5N3O4. The summed E-state index contributed by atoms with van der Waals surface area (Å²) in [6.45, 7) is 3.94. The van der Waals surface area contributed by atoms with Crippen LogP contribution in [0, 0.1) is 17.6 Å². The van der Waals surface area contributed by atoms with Crippen molar-refractivity contribution in [3.63, 3.8) is 0 Å². The number of ether oxygens (including phenoxy) is 1. The summed E-state index contributed by atoms with van der Waals surface area (Å²) >= 11 is 0. The SMILES string of the molecule is CC(C)CC(COc1cc(F)c(-c2ccc(C(F)(F)F)cc2)c(F)c1)Nc1ccc(C(=O)NCCC(=O)O)cn1. The predicted molar refractivity (Wildman–Crippen MR) is 138 cm³/mol. The first kappa shape index (κ1) is 30.3. The van der Waals surface area contributed by atoms with E-state index < -0.39 is 40.8 Å². The lowest BCUT2D eigenvalue weighted by atomic mass is 10.0. The molecule has 0 spiro atoms. The average Bonchev–Trinajstić information content (AvgIpc) is 2.86. The van der Waals surface area contributed by atoms with Crippen molar-refractivity contribution in [3.05, 3.63) is 77.5 Å². The number of anilines is 1. The molecule has 0 bridgehead atoms. The van der Waals surface area contributed by atoms with Gasteiger partial charge in [-0.05, 0) is 42.2 Å². The van der Waals surface area contributed by atoms with Gasteiger partial charge < -0.3 is 20.5 Å². The van der Waals surface area contributed by atoms with E-state index in [0.29, 0.717) is 12.2 Å². The van der Waals surface area contributed by atoms with E-state index in [0.717, 1.165) is 36.4 Å². The summed E-state index contributed by atoms with van der Waals surface area (Å²) in [5.74, 6) is -2.92. The minimum absolute atomic E-state index is 0.00971. The van der Waals surface area contributed by atoms with E-state index in [1.54, 1.807) is 6.07 Å². The maximum Gasteiger partial charge on any atom is 0.416 e. The Morgan fingerprint density at radius 3 is 2.20 bits per heavy atom. The second-order valence-electron chi connectivity index (χ2n) is 9.45. The zero-order valence-corrected chi connectivity index (χ0v) is 21.7. The van der Waals surface area contributed by atoms with Gasteiger partial charge in [0.1, 0.15) is 29.8 Å². The Morgan fingerprint density at radius 1 is 1.02 bits per heavy atom. The van der Waals surface area contributed by atoms with Gasteiger partial charge in [0, 0.05) is 24.9 Å². The number of rotatable bonds is 12. The number of amides is 1. The molecule has 0 aliphatic heterocycles. The van der Waals surface area contributed by atoms with Crippen molar-refractivity contribution < 1.29 is 41.4 Å². The van der Waals surface area contributed by atoms with Crippen LogP contribution in [0.25, 0.3) is 11.1 Å². The summed E-state index contributed by atoms with van der Waals surface area (Å²) in [6.07, 6.45) is -2.84. The van der Waals surface area contributed by atoms with Crippen LogP contribution in [0.5, 0.6) is 5.75 Å². The number of alkyl halides is 3. The maximum absolute atomic E-state index is 14.8. The topological polar surface area (TPSA) is 101 Å². The Morgan fingerprint density at radius 2 is 1.68 bits per heavy atom.